The molecule has 0 saturated heterocycles. The molecular formula is C12H16O. The Balaban J connectivity index is 2.69. The quantitative estimate of drug-likeness (QED) is 0.630. The van der Waals surface area contributed by atoms with Gasteiger partial charge >= 0.3 is 0 Å². The molecule has 0 aliphatic carbocycles. The molecule has 0 spiro atoms. The van der Waals surface area contributed by atoms with Crippen molar-refractivity contribution in [2.75, 3.05) is 0 Å². The summed E-state index contributed by atoms with van der Waals surface area (Å²) in [6.45, 7) is 2.15. The Morgan fingerprint density at radius 3 is 2.54 bits per heavy atom. The van der Waals surface area contributed by atoms with Gasteiger partial charge in [-0.25, -0.2) is 0 Å². The molecule has 0 fully saturated rings. The summed E-state index contributed by atoms with van der Waals surface area (Å²) in [5.74, 6) is 0.420. The Labute approximate surface area is 79.8 Å². The van der Waals surface area contributed by atoms with Crippen molar-refractivity contribution in [3.63, 3.8) is 0 Å². The summed E-state index contributed by atoms with van der Waals surface area (Å²) in [5.41, 5.74) is 1.29. The fourth-order valence-electron chi connectivity index (χ4n) is 1.61. The van der Waals surface area contributed by atoms with Crippen LogP contribution in [0.5, 0.6) is 0 Å². The maximum absolute atomic E-state index is 10.5. The Kier molecular flexibility index (Phi) is 4.24. The summed E-state index contributed by atoms with van der Waals surface area (Å²) < 4.78 is 0. The molecule has 0 amide bonds. The summed E-state index contributed by atoms with van der Waals surface area (Å²) >= 11 is 0. The Bertz CT molecular complexity index is 241. The lowest BCUT2D eigenvalue weighted by Gasteiger charge is -2.12. The van der Waals surface area contributed by atoms with Crippen LogP contribution in [0.3, 0.4) is 0 Å². The molecule has 1 nitrogen and oxygen atoms in total. The molecule has 70 valence electrons. The van der Waals surface area contributed by atoms with E-state index in [0.717, 1.165) is 19.1 Å². The highest BCUT2D eigenvalue weighted by atomic mass is 16.1. The predicted molar refractivity (Wildman–Crippen MR) is 54.8 cm³/mol. The molecular weight excluding hydrogens is 160 g/mol. The van der Waals surface area contributed by atoms with Crippen molar-refractivity contribution < 1.29 is 4.79 Å². The molecule has 1 heteroatoms. The highest BCUT2D eigenvalue weighted by molar-refractivity contribution is 5.51. The molecule has 0 aliphatic rings. The predicted octanol–water partition coefficient (Wildman–Crippen LogP) is 3.16. The zero-order chi connectivity index (χ0) is 9.52. The Hall–Kier alpha value is -1.11. The lowest BCUT2D eigenvalue weighted by Crippen LogP contribution is -1.98. The van der Waals surface area contributed by atoms with Crippen molar-refractivity contribution in [2.24, 2.45) is 0 Å². The molecule has 1 aromatic rings. The van der Waals surface area contributed by atoms with Crippen LogP contribution in [-0.4, -0.2) is 6.29 Å². The first-order valence-electron chi connectivity index (χ1n) is 4.87. The molecule has 0 aromatic heterocycles. The second-order valence-electron chi connectivity index (χ2n) is 3.30. The zero-order valence-corrected chi connectivity index (χ0v) is 8.07. The maximum Gasteiger partial charge on any atom is 0.120 e. The largest absolute Gasteiger partial charge is 0.303 e. The van der Waals surface area contributed by atoms with E-state index in [-0.39, 0.29) is 0 Å². The normalized spacial score (nSPS) is 12.4. The van der Waals surface area contributed by atoms with Gasteiger partial charge in [-0.05, 0) is 17.9 Å². The third-order valence-electron chi connectivity index (χ3n) is 2.29. The van der Waals surface area contributed by atoms with Crippen molar-refractivity contribution in [3.8, 4) is 0 Å². The molecule has 1 atom stereocenters. The highest BCUT2D eigenvalue weighted by Crippen LogP contribution is 2.23. The molecule has 0 unspecified atom stereocenters. The topological polar surface area (TPSA) is 17.1 Å². The summed E-state index contributed by atoms with van der Waals surface area (Å²) in [4.78, 5) is 10.5. The van der Waals surface area contributed by atoms with Crippen LogP contribution in [0.25, 0.3) is 0 Å². The third-order valence-corrected chi connectivity index (χ3v) is 2.29. The molecule has 1 aromatic carbocycles. The Morgan fingerprint density at radius 1 is 1.31 bits per heavy atom. The summed E-state index contributed by atoms with van der Waals surface area (Å²) in [5, 5.41) is 0. The fourth-order valence-corrected chi connectivity index (χ4v) is 1.61. The average Bonchev–Trinajstić information content (AvgIpc) is 2.19. The van der Waals surface area contributed by atoms with Gasteiger partial charge < -0.3 is 4.79 Å². The van der Waals surface area contributed by atoms with Crippen molar-refractivity contribution >= 4 is 6.29 Å². The molecule has 0 radical (unpaired) electrons. The van der Waals surface area contributed by atoms with E-state index < -0.39 is 0 Å². The van der Waals surface area contributed by atoms with Gasteiger partial charge in [0.05, 0.1) is 0 Å². The first-order valence-corrected chi connectivity index (χ1v) is 4.87. The van der Waals surface area contributed by atoms with Crippen molar-refractivity contribution in [2.45, 2.75) is 32.1 Å². The SMILES string of the molecule is CCC[C@H](CC=O)c1ccccc1. The van der Waals surface area contributed by atoms with Crippen LogP contribution in [0, 0.1) is 0 Å². The van der Waals surface area contributed by atoms with Gasteiger partial charge in [-0.2, -0.15) is 0 Å². The average molecular weight is 176 g/mol. The van der Waals surface area contributed by atoms with Crippen molar-refractivity contribution in [1.29, 1.82) is 0 Å². The number of aldehydes is 1. The van der Waals surface area contributed by atoms with Crippen LogP contribution in [0.15, 0.2) is 30.3 Å². The van der Waals surface area contributed by atoms with E-state index >= 15 is 0 Å². The minimum absolute atomic E-state index is 0.420. The number of hydrogen-bond acceptors (Lipinski definition) is 1. The van der Waals surface area contributed by atoms with Gasteiger partial charge in [-0.3, -0.25) is 0 Å². The van der Waals surface area contributed by atoms with Gasteiger partial charge in [0, 0.05) is 6.42 Å². The zero-order valence-electron chi connectivity index (χ0n) is 8.07. The lowest BCUT2D eigenvalue weighted by atomic mass is 9.92. The van der Waals surface area contributed by atoms with Gasteiger partial charge in [-0.15, -0.1) is 0 Å². The fraction of sp³-hybridized carbons (Fsp3) is 0.417. The van der Waals surface area contributed by atoms with Crippen molar-refractivity contribution in [3.05, 3.63) is 35.9 Å². The highest BCUT2D eigenvalue weighted by Gasteiger charge is 2.08. The number of carbonyl (C=O) groups excluding carboxylic acids is 1. The number of carbonyl (C=O) groups is 1. The molecule has 1 rings (SSSR count). The third kappa shape index (κ3) is 3.02. The summed E-state index contributed by atoms with van der Waals surface area (Å²) in [7, 11) is 0. The van der Waals surface area contributed by atoms with Crippen molar-refractivity contribution in [1.82, 2.24) is 0 Å². The van der Waals surface area contributed by atoms with Crippen LogP contribution in [-0.2, 0) is 4.79 Å². The molecule has 0 saturated carbocycles. The van der Waals surface area contributed by atoms with E-state index in [0.29, 0.717) is 12.3 Å². The standard InChI is InChI=1S/C12H16O/c1-2-6-11(9-10-13)12-7-4-3-5-8-12/h3-5,7-8,10-11H,2,6,9H2,1H3/t11-/m1/s1. The van der Waals surface area contributed by atoms with Crippen LogP contribution in [0.1, 0.15) is 37.7 Å². The van der Waals surface area contributed by atoms with E-state index in [1.54, 1.807) is 0 Å². The van der Waals surface area contributed by atoms with E-state index in [2.05, 4.69) is 19.1 Å². The molecule has 13 heavy (non-hydrogen) atoms. The Morgan fingerprint density at radius 2 is 2.00 bits per heavy atom. The van der Waals surface area contributed by atoms with Crippen LogP contribution < -0.4 is 0 Å². The first kappa shape index (κ1) is 9.97. The molecule has 0 N–H and O–H groups in total. The maximum atomic E-state index is 10.5. The second kappa shape index (κ2) is 5.52. The van der Waals surface area contributed by atoms with Crippen LogP contribution in [0.2, 0.25) is 0 Å². The van der Waals surface area contributed by atoms with E-state index in [1.165, 1.54) is 5.56 Å². The monoisotopic (exact) mass is 176 g/mol. The molecule has 0 heterocycles. The van der Waals surface area contributed by atoms with Gasteiger partial charge in [0.15, 0.2) is 0 Å². The number of hydrogen-bond donors (Lipinski definition) is 0. The van der Waals surface area contributed by atoms with E-state index in [9.17, 15) is 4.79 Å². The minimum Gasteiger partial charge on any atom is -0.303 e. The molecule has 0 aliphatic heterocycles. The summed E-state index contributed by atoms with van der Waals surface area (Å²) in [6, 6.07) is 10.3. The van der Waals surface area contributed by atoms with E-state index in [1.807, 2.05) is 18.2 Å². The lowest BCUT2D eigenvalue weighted by molar-refractivity contribution is -0.108. The second-order valence-corrected chi connectivity index (χ2v) is 3.30. The first-order chi connectivity index (χ1) is 6.38. The van der Waals surface area contributed by atoms with Gasteiger partial charge in [0.25, 0.3) is 0 Å². The van der Waals surface area contributed by atoms with Gasteiger partial charge in [0.1, 0.15) is 6.29 Å². The molecule has 0 bridgehead atoms. The van der Waals surface area contributed by atoms with Crippen LogP contribution in [0.4, 0.5) is 0 Å². The number of rotatable bonds is 5. The minimum atomic E-state index is 0.420. The summed E-state index contributed by atoms with van der Waals surface area (Å²) in [6.07, 6.45) is 3.90. The van der Waals surface area contributed by atoms with Gasteiger partial charge in [0.2, 0.25) is 0 Å². The van der Waals surface area contributed by atoms with Crippen LogP contribution >= 0.6 is 0 Å². The number of benzene rings is 1. The van der Waals surface area contributed by atoms with Gasteiger partial charge in [-0.1, -0.05) is 43.7 Å². The smallest absolute Gasteiger partial charge is 0.120 e. The van der Waals surface area contributed by atoms with E-state index in [4.69, 9.17) is 0 Å².